The maximum absolute atomic E-state index is 11.9. The van der Waals surface area contributed by atoms with Gasteiger partial charge >= 0.3 is 0 Å². The van der Waals surface area contributed by atoms with Crippen LogP contribution in [0.1, 0.15) is 18.4 Å². The first kappa shape index (κ1) is 24.3. The van der Waals surface area contributed by atoms with Crippen molar-refractivity contribution in [1.82, 2.24) is 15.5 Å². The maximum Gasteiger partial charge on any atom is 0.241 e. The third kappa shape index (κ3) is 7.70. The van der Waals surface area contributed by atoms with E-state index in [1.54, 1.807) is 28.3 Å². The summed E-state index contributed by atoms with van der Waals surface area (Å²) in [6.45, 7) is 2.03. The lowest BCUT2D eigenvalue weighted by Crippen LogP contribution is -2.45. The molecule has 0 spiro atoms. The van der Waals surface area contributed by atoms with Gasteiger partial charge in [-0.3, -0.25) is 4.79 Å². The average molecular weight is 506 g/mol. The van der Waals surface area contributed by atoms with E-state index in [2.05, 4.69) is 15.6 Å². The first-order valence-electron chi connectivity index (χ1n) is 9.08. The molecule has 2 N–H and O–H groups in total. The van der Waals surface area contributed by atoms with Crippen LogP contribution in [0.2, 0.25) is 0 Å². The van der Waals surface area contributed by atoms with Crippen molar-refractivity contribution in [3.05, 3.63) is 23.8 Å². The number of aliphatic imine (C=N–C) groups is 1. The highest BCUT2D eigenvalue weighted by Gasteiger charge is 2.16. The number of halogens is 1. The van der Waals surface area contributed by atoms with Crippen molar-refractivity contribution >= 4 is 35.8 Å². The summed E-state index contributed by atoms with van der Waals surface area (Å²) < 4.78 is 16.3. The van der Waals surface area contributed by atoms with Crippen LogP contribution >= 0.6 is 24.0 Å². The average Bonchev–Trinajstić information content (AvgIpc) is 3.20. The quantitative estimate of drug-likeness (QED) is 0.317. The lowest BCUT2D eigenvalue weighted by molar-refractivity contribution is -0.127. The summed E-state index contributed by atoms with van der Waals surface area (Å²) in [5.41, 5.74) is 0.926. The minimum atomic E-state index is -0.0244. The van der Waals surface area contributed by atoms with Gasteiger partial charge in [-0.15, -0.1) is 24.0 Å². The molecule has 1 aliphatic heterocycles. The number of amides is 1. The lowest BCUT2D eigenvalue weighted by atomic mass is 10.2. The zero-order valence-electron chi connectivity index (χ0n) is 17.0. The fraction of sp³-hybridized carbons (Fsp3) is 0.579. The van der Waals surface area contributed by atoms with E-state index in [9.17, 15) is 4.79 Å². The number of hydrogen-bond donors (Lipinski definition) is 2. The van der Waals surface area contributed by atoms with Crippen molar-refractivity contribution in [3.63, 3.8) is 0 Å². The minimum absolute atomic E-state index is 0. The van der Waals surface area contributed by atoms with Gasteiger partial charge in [0.15, 0.2) is 5.96 Å². The van der Waals surface area contributed by atoms with Gasteiger partial charge in [0.05, 0.1) is 33.4 Å². The number of methoxy groups -OCH3 is 2. The summed E-state index contributed by atoms with van der Waals surface area (Å²) in [6.07, 6.45) is 2.29. The first-order chi connectivity index (χ1) is 13.0. The molecule has 1 amide bonds. The van der Waals surface area contributed by atoms with Crippen molar-refractivity contribution < 1.29 is 19.0 Å². The van der Waals surface area contributed by atoms with E-state index in [4.69, 9.17) is 14.2 Å². The first-order valence-corrected chi connectivity index (χ1v) is 9.08. The van der Waals surface area contributed by atoms with Crippen LogP contribution in [0.25, 0.3) is 0 Å². The van der Waals surface area contributed by atoms with Crippen LogP contribution in [0.5, 0.6) is 11.5 Å². The van der Waals surface area contributed by atoms with Crippen molar-refractivity contribution in [1.29, 1.82) is 0 Å². The number of rotatable bonds is 8. The molecular weight excluding hydrogens is 475 g/mol. The van der Waals surface area contributed by atoms with Gasteiger partial charge in [0, 0.05) is 38.9 Å². The molecule has 158 valence electrons. The van der Waals surface area contributed by atoms with E-state index in [-0.39, 0.29) is 42.5 Å². The van der Waals surface area contributed by atoms with E-state index >= 15 is 0 Å². The molecule has 1 heterocycles. The second-order valence-corrected chi connectivity index (χ2v) is 6.50. The van der Waals surface area contributed by atoms with Crippen molar-refractivity contribution in [2.45, 2.75) is 25.5 Å². The SMILES string of the molecule is COc1ccc(CN=C(NCC(=O)N(C)C)NCC2CCCO2)c(OC)c1.I. The number of carbonyl (C=O) groups excluding carboxylic acids is 1. The fourth-order valence-corrected chi connectivity index (χ4v) is 2.65. The van der Waals surface area contributed by atoms with Crippen LogP contribution < -0.4 is 20.1 Å². The third-order valence-electron chi connectivity index (χ3n) is 4.33. The Morgan fingerprint density at radius 1 is 1.29 bits per heavy atom. The number of ether oxygens (including phenoxy) is 3. The second kappa shape index (κ2) is 12.7. The Labute approximate surface area is 184 Å². The van der Waals surface area contributed by atoms with E-state index in [0.717, 1.165) is 30.8 Å². The highest BCUT2D eigenvalue weighted by atomic mass is 127. The minimum Gasteiger partial charge on any atom is -0.497 e. The van der Waals surface area contributed by atoms with Crippen LogP contribution in [0.4, 0.5) is 0 Å². The van der Waals surface area contributed by atoms with Crippen molar-refractivity contribution in [3.8, 4) is 11.5 Å². The molecule has 1 unspecified atom stereocenters. The predicted molar refractivity (Wildman–Crippen MR) is 120 cm³/mol. The molecule has 1 fully saturated rings. The molecule has 1 atom stereocenters. The molecule has 0 bridgehead atoms. The summed E-state index contributed by atoms with van der Waals surface area (Å²) in [5.74, 6) is 1.98. The Balaban J connectivity index is 0.00000392. The summed E-state index contributed by atoms with van der Waals surface area (Å²) in [4.78, 5) is 18.0. The van der Waals surface area contributed by atoms with Crippen LogP contribution in [0.3, 0.4) is 0 Å². The zero-order valence-corrected chi connectivity index (χ0v) is 19.3. The number of carbonyl (C=O) groups is 1. The normalized spacial score (nSPS) is 16.1. The third-order valence-corrected chi connectivity index (χ3v) is 4.33. The Bertz CT molecular complexity index is 649. The van der Waals surface area contributed by atoms with E-state index in [1.807, 2.05) is 18.2 Å². The molecule has 28 heavy (non-hydrogen) atoms. The van der Waals surface area contributed by atoms with E-state index < -0.39 is 0 Å². The Kier molecular flexibility index (Phi) is 11.0. The number of likely N-dealkylation sites (N-methyl/N-ethyl adjacent to an activating group) is 1. The largest absolute Gasteiger partial charge is 0.497 e. The van der Waals surface area contributed by atoms with Crippen LogP contribution in [0.15, 0.2) is 23.2 Å². The fourth-order valence-electron chi connectivity index (χ4n) is 2.65. The Morgan fingerprint density at radius 3 is 2.68 bits per heavy atom. The molecular formula is C19H31IN4O4. The molecule has 0 saturated carbocycles. The van der Waals surface area contributed by atoms with Gasteiger partial charge in [-0.05, 0) is 25.0 Å². The van der Waals surface area contributed by atoms with Crippen molar-refractivity contribution in [2.24, 2.45) is 4.99 Å². The standard InChI is InChI=1S/C19H30N4O4.HI/c1-23(2)18(24)13-22-19(21-12-16-6-5-9-27-16)20-11-14-7-8-15(25-3)10-17(14)26-4;/h7-8,10,16H,5-6,9,11-13H2,1-4H3,(H2,20,21,22);1H. The summed E-state index contributed by atoms with van der Waals surface area (Å²) in [5, 5.41) is 6.35. The van der Waals surface area contributed by atoms with Gasteiger partial charge in [-0.25, -0.2) is 4.99 Å². The topological polar surface area (TPSA) is 84.4 Å². The highest BCUT2D eigenvalue weighted by Crippen LogP contribution is 2.25. The van der Waals surface area contributed by atoms with Gasteiger partial charge in [-0.2, -0.15) is 0 Å². The van der Waals surface area contributed by atoms with Gasteiger partial charge in [0.2, 0.25) is 5.91 Å². The van der Waals surface area contributed by atoms with Gasteiger partial charge in [0.25, 0.3) is 0 Å². The summed E-state index contributed by atoms with van der Waals surface area (Å²) in [7, 11) is 6.68. The molecule has 1 saturated heterocycles. The van der Waals surface area contributed by atoms with E-state index in [0.29, 0.717) is 24.8 Å². The molecule has 0 aliphatic carbocycles. The molecule has 8 nitrogen and oxygen atoms in total. The summed E-state index contributed by atoms with van der Waals surface area (Å²) >= 11 is 0. The Hall–Kier alpha value is -1.75. The molecule has 0 aromatic heterocycles. The number of guanidine groups is 1. The smallest absolute Gasteiger partial charge is 0.241 e. The second-order valence-electron chi connectivity index (χ2n) is 6.50. The number of nitrogens with one attached hydrogen (secondary N) is 2. The Morgan fingerprint density at radius 2 is 2.07 bits per heavy atom. The monoisotopic (exact) mass is 506 g/mol. The lowest BCUT2D eigenvalue weighted by Gasteiger charge is -2.17. The number of hydrogen-bond acceptors (Lipinski definition) is 5. The molecule has 0 radical (unpaired) electrons. The summed E-state index contributed by atoms with van der Waals surface area (Å²) in [6, 6.07) is 5.62. The van der Waals surface area contributed by atoms with E-state index in [1.165, 1.54) is 4.90 Å². The van der Waals surface area contributed by atoms with Gasteiger partial charge < -0.3 is 29.7 Å². The van der Waals surface area contributed by atoms with Gasteiger partial charge in [-0.1, -0.05) is 0 Å². The number of benzene rings is 1. The predicted octanol–water partition coefficient (Wildman–Crippen LogP) is 1.62. The molecule has 1 aliphatic rings. The van der Waals surface area contributed by atoms with Gasteiger partial charge in [0.1, 0.15) is 11.5 Å². The molecule has 1 aromatic rings. The van der Waals surface area contributed by atoms with Crippen molar-refractivity contribution in [2.75, 3.05) is 48.0 Å². The van der Waals surface area contributed by atoms with Crippen LogP contribution in [0, 0.1) is 0 Å². The van der Waals surface area contributed by atoms with Crippen LogP contribution in [-0.2, 0) is 16.1 Å². The molecule has 2 rings (SSSR count). The zero-order chi connectivity index (χ0) is 19.6. The maximum atomic E-state index is 11.9. The van der Waals surface area contributed by atoms with Crippen LogP contribution in [-0.4, -0.2) is 70.9 Å². The highest BCUT2D eigenvalue weighted by molar-refractivity contribution is 14.0. The number of nitrogens with zero attached hydrogens (tertiary/aromatic N) is 2. The molecule has 1 aromatic carbocycles. The molecule has 9 heteroatoms.